The number of carbonyl (C=O) groups excluding carboxylic acids is 2. The van der Waals surface area contributed by atoms with Gasteiger partial charge in [0.25, 0.3) is 11.8 Å². The summed E-state index contributed by atoms with van der Waals surface area (Å²) in [7, 11) is 0. The zero-order valence-corrected chi connectivity index (χ0v) is 20.4. The summed E-state index contributed by atoms with van der Waals surface area (Å²) < 4.78 is 19.8. The van der Waals surface area contributed by atoms with E-state index in [1.54, 1.807) is 18.2 Å². The van der Waals surface area contributed by atoms with E-state index in [0.29, 0.717) is 34.7 Å². The van der Waals surface area contributed by atoms with Crippen molar-refractivity contribution < 1.29 is 23.8 Å². The smallest absolute Gasteiger partial charge is 0.260 e. The minimum atomic E-state index is -0.697. The highest BCUT2D eigenvalue weighted by atomic mass is 19.1. The molecular weight excluding hydrogens is 461 g/mol. The largest absolute Gasteiger partial charge is 0.482 e. The Morgan fingerprint density at radius 2 is 1.92 bits per heavy atom. The number of fused-ring (bicyclic) bond motifs is 1. The molecule has 2 amide bonds. The summed E-state index contributed by atoms with van der Waals surface area (Å²) in [6.45, 7) is 6.85. The third kappa shape index (κ3) is 4.79. The van der Waals surface area contributed by atoms with Crippen LogP contribution in [0.25, 0.3) is 11.1 Å². The highest BCUT2D eigenvalue weighted by Gasteiger charge is 2.38. The van der Waals surface area contributed by atoms with Crippen LogP contribution in [0.4, 0.5) is 10.1 Å². The number of hydrogen-bond donors (Lipinski definition) is 3. The third-order valence-corrected chi connectivity index (χ3v) is 6.99. The lowest BCUT2D eigenvalue weighted by Gasteiger charge is -2.29. The van der Waals surface area contributed by atoms with Gasteiger partial charge >= 0.3 is 0 Å². The van der Waals surface area contributed by atoms with Crippen LogP contribution in [0, 0.1) is 5.82 Å². The topological polar surface area (TPSA) is 90.9 Å². The van der Waals surface area contributed by atoms with Crippen molar-refractivity contribution >= 4 is 28.6 Å². The fourth-order valence-corrected chi connectivity index (χ4v) is 4.98. The third-order valence-electron chi connectivity index (χ3n) is 6.99. The van der Waals surface area contributed by atoms with Crippen LogP contribution in [0.15, 0.2) is 54.3 Å². The number of aliphatic hydroxyl groups is 1. The Hall–Kier alpha value is -3.49. The maximum atomic E-state index is 13.6. The number of anilines is 1. The zero-order valence-electron chi connectivity index (χ0n) is 20.4. The van der Waals surface area contributed by atoms with E-state index in [-0.39, 0.29) is 17.9 Å². The van der Waals surface area contributed by atoms with Crippen molar-refractivity contribution in [1.29, 1.82) is 0 Å². The average molecular weight is 492 g/mol. The first kappa shape index (κ1) is 24.2. The van der Waals surface area contributed by atoms with Crippen molar-refractivity contribution in [2.75, 3.05) is 31.5 Å². The molecule has 3 heterocycles. The van der Waals surface area contributed by atoms with Gasteiger partial charge in [0.15, 0.2) is 0 Å². The van der Waals surface area contributed by atoms with Crippen molar-refractivity contribution in [2.45, 2.75) is 38.4 Å². The minimum absolute atomic E-state index is 0.135. The normalized spacial score (nSPS) is 21.6. The number of aliphatic hydroxyl groups excluding tert-OH is 1. The van der Waals surface area contributed by atoms with Crippen molar-refractivity contribution in [1.82, 2.24) is 10.2 Å². The molecule has 0 atom stereocenters. The number of halogens is 1. The lowest BCUT2D eigenvalue weighted by atomic mass is 9.91. The minimum Gasteiger partial charge on any atom is -0.482 e. The van der Waals surface area contributed by atoms with E-state index in [1.165, 1.54) is 12.1 Å². The van der Waals surface area contributed by atoms with Crippen molar-refractivity contribution in [3.05, 3.63) is 76.8 Å². The first-order valence-corrected chi connectivity index (χ1v) is 12.3. The molecule has 0 bridgehead atoms. The van der Waals surface area contributed by atoms with Crippen LogP contribution in [0.5, 0.6) is 0 Å². The van der Waals surface area contributed by atoms with E-state index >= 15 is 0 Å². The lowest BCUT2D eigenvalue weighted by Crippen LogP contribution is -2.40. The van der Waals surface area contributed by atoms with E-state index in [1.807, 2.05) is 32.1 Å². The predicted molar refractivity (Wildman–Crippen MR) is 136 cm³/mol. The monoisotopic (exact) mass is 491 g/mol. The second-order valence-corrected chi connectivity index (χ2v) is 9.96. The maximum Gasteiger partial charge on any atom is 0.260 e. The standard InChI is InChI=1S/C28H30FN3O4/c1-28(2)22(16-24(36-28)25-21-8-7-19(29)15-23(21)31-27(25)35)17-3-5-18(6-4-17)26(34)30-11-14-32-12-9-20(33)10-13-32/h3-8,15-16,20,33H,9-14H2,1-2H3,(H,30,34)(H,31,35). The average Bonchev–Trinajstić information content (AvgIpc) is 3.34. The number of nitrogens with one attached hydrogen (secondary N) is 2. The van der Waals surface area contributed by atoms with Crippen LogP contribution < -0.4 is 10.6 Å². The highest BCUT2D eigenvalue weighted by molar-refractivity contribution is 6.32. The molecule has 2 aromatic carbocycles. The van der Waals surface area contributed by atoms with Crippen LogP contribution in [0.1, 0.15) is 48.2 Å². The van der Waals surface area contributed by atoms with Gasteiger partial charge in [0, 0.05) is 42.9 Å². The fourth-order valence-electron chi connectivity index (χ4n) is 4.98. The number of allylic oxidation sites excluding steroid dienone is 1. The molecule has 7 nitrogen and oxygen atoms in total. The van der Waals surface area contributed by atoms with Crippen LogP contribution in [-0.4, -0.2) is 59.7 Å². The zero-order chi connectivity index (χ0) is 25.4. The number of nitrogens with zero attached hydrogens (tertiary/aromatic N) is 1. The highest BCUT2D eigenvalue weighted by Crippen LogP contribution is 2.44. The molecule has 0 radical (unpaired) electrons. The molecule has 1 fully saturated rings. The quantitative estimate of drug-likeness (QED) is 0.557. The number of hydrogen-bond acceptors (Lipinski definition) is 5. The van der Waals surface area contributed by atoms with Crippen LogP contribution >= 0.6 is 0 Å². The van der Waals surface area contributed by atoms with Gasteiger partial charge in [-0.25, -0.2) is 4.39 Å². The maximum absolute atomic E-state index is 13.6. The second-order valence-electron chi connectivity index (χ2n) is 9.96. The Morgan fingerprint density at radius 3 is 2.64 bits per heavy atom. The number of amides is 2. The summed E-state index contributed by atoms with van der Waals surface area (Å²) in [6, 6.07) is 11.5. The predicted octanol–water partition coefficient (Wildman–Crippen LogP) is 3.57. The van der Waals surface area contributed by atoms with E-state index in [2.05, 4.69) is 15.5 Å². The summed E-state index contributed by atoms with van der Waals surface area (Å²) in [5.41, 5.74) is 3.06. The molecular formula is C28H30FN3O4. The van der Waals surface area contributed by atoms with E-state index in [4.69, 9.17) is 4.74 Å². The summed E-state index contributed by atoms with van der Waals surface area (Å²) >= 11 is 0. The van der Waals surface area contributed by atoms with Gasteiger partial charge in [-0.05, 0) is 68.7 Å². The first-order valence-electron chi connectivity index (χ1n) is 12.3. The van der Waals surface area contributed by atoms with Gasteiger partial charge < -0.3 is 25.4 Å². The van der Waals surface area contributed by atoms with Crippen LogP contribution in [0.2, 0.25) is 0 Å². The van der Waals surface area contributed by atoms with E-state index in [9.17, 15) is 19.1 Å². The number of piperidine rings is 1. The van der Waals surface area contributed by atoms with Crippen molar-refractivity contribution in [3.8, 4) is 0 Å². The molecule has 0 aromatic heterocycles. The van der Waals surface area contributed by atoms with Crippen LogP contribution in [-0.2, 0) is 9.53 Å². The van der Waals surface area contributed by atoms with Gasteiger partial charge in [-0.2, -0.15) is 0 Å². The molecule has 5 rings (SSSR count). The summed E-state index contributed by atoms with van der Waals surface area (Å²) in [5, 5.41) is 15.3. The van der Waals surface area contributed by atoms with Crippen LogP contribution in [0.3, 0.4) is 0 Å². The lowest BCUT2D eigenvalue weighted by molar-refractivity contribution is -0.111. The van der Waals surface area contributed by atoms with E-state index < -0.39 is 11.4 Å². The summed E-state index contributed by atoms with van der Waals surface area (Å²) in [5.74, 6) is -0.444. The molecule has 1 saturated heterocycles. The molecule has 0 aliphatic carbocycles. The molecule has 188 valence electrons. The SMILES string of the molecule is CC1(C)OC(=C2C(=O)Nc3cc(F)ccc32)C=C1c1ccc(C(=O)NCCN2CCC(O)CC2)cc1. The molecule has 8 heteroatoms. The number of benzene rings is 2. The van der Waals surface area contributed by atoms with Gasteiger partial charge in [-0.1, -0.05) is 12.1 Å². The van der Waals surface area contributed by atoms with Gasteiger partial charge in [0.05, 0.1) is 17.4 Å². The molecule has 3 N–H and O–H groups in total. The Balaban J connectivity index is 1.30. The van der Waals surface area contributed by atoms with Crippen molar-refractivity contribution in [3.63, 3.8) is 0 Å². The molecule has 36 heavy (non-hydrogen) atoms. The molecule has 3 aliphatic rings. The Kier molecular flexibility index (Phi) is 6.40. The number of ether oxygens (including phenoxy) is 1. The molecule has 0 saturated carbocycles. The Labute approximate surface area is 209 Å². The second kappa shape index (κ2) is 9.52. The summed E-state index contributed by atoms with van der Waals surface area (Å²) in [4.78, 5) is 27.5. The van der Waals surface area contributed by atoms with Gasteiger partial charge in [0.2, 0.25) is 0 Å². The van der Waals surface area contributed by atoms with Gasteiger partial charge in [-0.15, -0.1) is 0 Å². The molecule has 2 aromatic rings. The Bertz CT molecular complexity index is 1260. The molecule has 3 aliphatic heterocycles. The van der Waals surface area contributed by atoms with Crippen molar-refractivity contribution in [2.24, 2.45) is 0 Å². The number of rotatable bonds is 5. The molecule has 0 spiro atoms. The number of carbonyl (C=O) groups is 2. The van der Waals surface area contributed by atoms with E-state index in [0.717, 1.165) is 43.6 Å². The number of likely N-dealkylation sites (tertiary alicyclic amines) is 1. The van der Waals surface area contributed by atoms with Gasteiger partial charge in [-0.3, -0.25) is 9.59 Å². The Morgan fingerprint density at radius 1 is 1.19 bits per heavy atom. The first-order chi connectivity index (χ1) is 17.2. The van der Waals surface area contributed by atoms with Gasteiger partial charge in [0.1, 0.15) is 17.2 Å². The fraction of sp³-hybridized carbons (Fsp3) is 0.357. The summed E-state index contributed by atoms with van der Waals surface area (Å²) in [6.07, 6.45) is 3.19. The molecule has 0 unspecified atom stereocenters.